The first-order valence-electron chi connectivity index (χ1n) is 5.25. The van der Waals surface area contributed by atoms with E-state index in [4.69, 9.17) is 4.74 Å². The predicted molar refractivity (Wildman–Crippen MR) is 61.6 cm³/mol. The van der Waals surface area contributed by atoms with E-state index in [1.54, 1.807) is 0 Å². The van der Waals surface area contributed by atoms with Gasteiger partial charge in [0.05, 0.1) is 10.2 Å². The van der Waals surface area contributed by atoms with Gasteiger partial charge in [-0.3, -0.25) is 4.68 Å². The molecule has 0 unspecified atom stereocenters. The quantitative estimate of drug-likeness (QED) is 0.906. The second-order valence-corrected chi connectivity index (χ2v) is 4.72. The Balaban J connectivity index is 1.84. The SMILES string of the molecule is Cn1cc(Br)c(CNC2CCOCC2)n1. The van der Waals surface area contributed by atoms with E-state index in [9.17, 15) is 0 Å². The van der Waals surface area contributed by atoms with Crippen LogP contribution in [0.2, 0.25) is 0 Å². The number of nitrogens with one attached hydrogen (secondary N) is 1. The molecule has 1 aliphatic rings. The highest BCUT2D eigenvalue weighted by Gasteiger charge is 2.14. The van der Waals surface area contributed by atoms with Crippen LogP contribution in [0.1, 0.15) is 18.5 Å². The maximum Gasteiger partial charge on any atom is 0.0904 e. The first-order valence-corrected chi connectivity index (χ1v) is 6.04. The predicted octanol–water partition coefficient (Wildman–Crippen LogP) is 1.45. The number of aryl methyl sites for hydroxylation is 1. The summed E-state index contributed by atoms with van der Waals surface area (Å²) in [4.78, 5) is 0. The number of nitrogens with zero attached hydrogens (tertiary/aromatic N) is 2. The maximum absolute atomic E-state index is 5.31. The van der Waals surface area contributed by atoms with Crippen molar-refractivity contribution in [3.05, 3.63) is 16.4 Å². The van der Waals surface area contributed by atoms with E-state index >= 15 is 0 Å². The molecule has 2 rings (SSSR count). The molecule has 1 aliphatic heterocycles. The molecule has 0 aromatic carbocycles. The molecule has 0 amide bonds. The molecule has 0 aliphatic carbocycles. The lowest BCUT2D eigenvalue weighted by atomic mass is 10.1. The van der Waals surface area contributed by atoms with Crippen molar-refractivity contribution in [2.45, 2.75) is 25.4 Å². The van der Waals surface area contributed by atoms with Gasteiger partial charge in [0.15, 0.2) is 0 Å². The molecule has 84 valence electrons. The summed E-state index contributed by atoms with van der Waals surface area (Å²) in [5.41, 5.74) is 1.07. The van der Waals surface area contributed by atoms with Crippen LogP contribution < -0.4 is 5.32 Å². The van der Waals surface area contributed by atoms with Crippen molar-refractivity contribution in [2.75, 3.05) is 13.2 Å². The Morgan fingerprint density at radius 1 is 1.60 bits per heavy atom. The summed E-state index contributed by atoms with van der Waals surface area (Å²) >= 11 is 3.49. The molecule has 5 heteroatoms. The minimum absolute atomic E-state index is 0.577. The molecular formula is C10H16BrN3O. The van der Waals surface area contributed by atoms with E-state index in [2.05, 4.69) is 26.3 Å². The van der Waals surface area contributed by atoms with Gasteiger partial charge in [0.2, 0.25) is 0 Å². The van der Waals surface area contributed by atoms with Crippen molar-refractivity contribution in [3.8, 4) is 0 Å². The van der Waals surface area contributed by atoms with Crippen molar-refractivity contribution in [1.29, 1.82) is 0 Å². The first kappa shape index (κ1) is 11.1. The van der Waals surface area contributed by atoms with Crippen LogP contribution in [0, 0.1) is 0 Å². The highest BCUT2D eigenvalue weighted by atomic mass is 79.9. The number of ether oxygens (including phenoxy) is 1. The van der Waals surface area contributed by atoms with Gasteiger partial charge < -0.3 is 10.1 Å². The maximum atomic E-state index is 5.31. The molecule has 1 N–H and O–H groups in total. The zero-order valence-corrected chi connectivity index (χ0v) is 10.5. The van der Waals surface area contributed by atoms with Gasteiger partial charge in [0, 0.05) is 39.0 Å². The van der Waals surface area contributed by atoms with Crippen LogP contribution >= 0.6 is 15.9 Å². The summed E-state index contributed by atoms with van der Waals surface area (Å²) in [6.45, 7) is 2.58. The van der Waals surface area contributed by atoms with E-state index in [-0.39, 0.29) is 0 Å². The van der Waals surface area contributed by atoms with Crippen LogP contribution in [0.5, 0.6) is 0 Å². The van der Waals surface area contributed by atoms with E-state index < -0.39 is 0 Å². The second-order valence-electron chi connectivity index (χ2n) is 3.86. The molecule has 1 aromatic rings. The molecule has 0 saturated carbocycles. The Bertz CT molecular complexity index is 320. The Hall–Kier alpha value is -0.390. The molecule has 0 radical (unpaired) electrons. The molecular weight excluding hydrogens is 258 g/mol. The number of halogens is 1. The van der Waals surface area contributed by atoms with E-state index in [1.807, 2.05) is 17.9 Å². The fourth-order valence-electron chi connectivity index (χ4n) is 1.77. The summed E-state index contributed by atoms with van der Waals surface area (Å²) < 4.78 is 8.21. The Labute approximate surface area is 98.1 Å². The molecule has 0 spiro atoms. The number of hydrogen-bond acceptors (Lipinski definition) is 3. The molecule has 1 fully saturated rings. The minimum Gasteiger partial charge on any atom is -0.381 e. The van der Waals surface area contributed by atoms with E-state index in [0.717, 1.165) is 42.8 Å². The van der Waals surface area contributed by atoms with Gasteiger partial charge in [-0.1, -0.05) is 0 Å². The molecule has 1 saturated heterocycles. The largest absolute Gasteiger partial charge is 0.381 e. The standard InChI is InChI=1S/C10H16BrN3O/c1-14-7-9(11)10(13-14)6-12-8-2-4-15-5-3-8/h7-8,12H,2-6H2,1H3. The smallest absolute Gasteiger partial charge is 0.0904 e. The topological polar surface area (TPSA) is 39.1 Å². The van der Waals surface area contributed by atoms with Crippen molar-refractivity contribution in [3.63, 3.8) is 0 Å². The summed E-state index contributed by atoms with van der Waals surface area (Å²) in [6.07, 6.45) is 4.18. The Morgan fingerprint density at radius 2 is 2.33 bits per heavy atom. The molecule has 15 heavy (non-hydrogen) atoms. The summed E-state index contributed by atoms with van der Waals surface area (Å²) in [5.74, 6) is 0. The average Bonchev–Trinajstić information content (AvgIpc) is 2.56. The van der Waals surface area contributed by atoms with Crippen LogP contribution in [0.15, 0.2) is 10.7 Å². The van der Waals surface area contributed by atoms with Crippen LogP contribution in [0.3, 0.4) is 0 Å². The molecule has 0 atom stereocenters. The number of aromatic nitrogens is 2. The van der Waals surface area contributed by atoms with Gasteiger partial charge >= 0.3 is 0 Å². The van der Waals surface area contributed by atoms with Crippen molar-refractivity contribution in [2.24, 2.45) is 7.05 Å². The van der Waals surface area contributed by atoms with Crippen LogP contribution in [-0.4, -0.2) is 29.0 Å². The molecule has 1 aromatic heterocycles. The van der Waals surface area contributed by atoms with Gasteiger partial charge in [-0.25, -0.2) is 0 Å². The minimum atomic E-state index is 0.577. The van der Waals surface area contributed by atoms with Gasteiger partial charge in [0.25, 0.3) is 0 Å². The third-order valence-corrected chi connectivity index (χ3v) is 3.30. The van der Waals surface area contributed by atoms with Crippen molar-refractivity contribution in [1.82, 2.24) is 15.1 Å². The average molecular weight is 274 g/mol. The van der Waals surface area contributed by atoms with E-state index in [1.165, 1.54) is 0 Å². The van der Waals surface area contributed by atoms with E-state index in [0.29, 0.717) is 6.04 Å². The third-order valence-electron chi connectivity index (χ3n) is 2.63. The highest BCUT2D eigenvalue weighted by Crippen LogP contribution is 2.15. The van der Waals surface area contributed by atoms with Gasteiger partial charge in [-0.2, -0.15) is 5.10 Å². The molecule has 4 nitrogen and oxygen atoms in total. The Morgan fingerprint density at radius 3 is 2.93 bits per heavy atom. The lowest BCUT2D eigenvalue weighted by molar-refractivity contribution is 0.0775. The van der Waals surface area contributed by atoms with Crippen LogP contribution in [0.25, 0.3) is 0 Å². The summed E-state index contributed by atoms with van der Waals surface area (Å²) in [7, 11) is 1.93. The Kier molecular flexibility index (Phi) is 3.77. The van der Waals surface area contributed by atoms with Crippen molar-refractivity contribution < 1.29 is 4.74 Å². The van der Waals surface area contributed by atoms with Gasteiger partial charge in [-0.05, 0) is 28.8 Å². The monoisotopic (exact) mass is 273 g/mol. The third kappa shape index (κ3) is 3.03. The summed E-state index contributed by atoms with van der Waals surface area (Å²) in [5, 5.41) is 7.88. The normalized spacial score (nSPS) is 18.3. The highest BCUT2D eigenvalue weighted by molar-refractivity contribution is 9.10. The van der Waals surface area contributed by atoms with Crippen molar-refractivity contribution >= 4 is 15.9 Å². The van der Waals surface area contributed by atoms with Gasteiger partial charge in [-0.15, -0.1) is 0 Å². The fourth-order valence-corrected chi connectivity index (χ4v) is 2.28. The zero-order chi connectivity index (χ0) is 10.7. The lowest BCUT2D eigenvalue weighted by Gasteiger charge is -2.22. The molecule has 2 heterocycles. The zero-order valence-electron chi connectivity index (χ0n) is 8.87. The van der Waals surface area contributed by atoms with Crippen LogP contribution in [0.4, 0.5) is 0 Å². The second kappa shape index (κ2) is 5.09. The first-order chi connectivity index (χ1) is 7.25. The van der Waals surface area contributed by atoms with Crippen LogP contribution in [-0.2, 0) is 18.3 Å². The fraction of sp³-hybridized carbons (Fsp3) is 0.700. The lowest BCUT2D eigenvalue weighted by Crippen LogP contribution is -2.34. The number of rotatable bonds is 3. The van der Waals surface area contributed by atoms with Gasteiger partial charge in [0.1, 0.15) is 0 Å². The molecule has 0 bridgehead atoms. The summed E-state index contributed by atoms with van der Waals surface area (Å²) in [6, 6.07) is 0.577. The number of hydrogen-bond donors (Lipinski definition) is 1.